The predicted molar refractivity (Wildman–Crippen MR) is 58.0 cm³/mol. The van der Waals surface area contributed by atoms with E-state index in [2.05, 4.69) is 65.9 Å². The van der Waals surface area contributed by atoms with Crippen molar-refractivity contribution in [3.05, 3.63) is 60.7 Å². The molecule has 0 aliphatic heterocycles. The van der Waals surface area contributed by atoms with Crippen LogP contribution in [0.5, 0.6) is 0 Å². The standard InChI is InChI=1S/2C6H5.CH3.Ti/c2*1-2-4-6-5-3-1;;/h2*1-5H;1H3;. The fourth-order valence-corrected chi connectivity index (χ4v) is 4.23. The number of hydrogen-bond acceptors (Lipinski definition) is 0. The van der Waals surface area contributed by atoms with E-state index in [0.717, 1.165) is 0 Å². The molecule has 1 heteroatoms. The van der Waals surface area contributed by atoms with Gasteiger partial charge in [-0.25, -0.2) is 0 Å². The van der Waals surface area contributed by atoms with Crippen molar-refractivity contribution in [2.24, 2.45) is 0 Å². The van der Waals surface area contributed by atoms with Gasteiger partial charge >= 0.3 is 91.5 Å². The third-order valence-electron chi connectivity index (χ3n) is 2.41. The first-order chi connectivity index (χ1) is 6.88. The molecule has 0 amide bonds. The monoisotopic (exact) mass is 217 g/mol. The molecular formula is C13H13Ti. The first-order valence-electron chi connectivity index (χ1n) is 4.82. The third kappa shape index (κ3) is 2.15. The molecule has 0 spiro atoms. The summed E-state index contributed by atoms with van der Waals surface area (Å²) in [6.07, 6.45) is 0. The van der Waals surface area contributed by atoms with Gasteiger partial charge in [-0.15, -0.1) is 0 Å². The van der Waals surface area contributed by atoms with E-state index in [4.69, 9.17) is 0 Å². The molecule has 0 nitrogen and oxygen atoms in total. The van der Waals surface area contributed by atoms with E-state index >= 15 is 0 Å². The van der Waals surface area contributed by atoms with Gasteiger partial charge in [0.1, 0.15) is 0 Å². The predicted octanol–water partition coefficient (Wildman–Crippen LogP) is 2.30. The Morgan fingerprint density at radius 3 is 1.36 bits per heavy atom. The van der Waals surface area contributed by atoms with Crippen LogP contribution in [-0.4, -0.2) is 0 Å². The second kappa shape index (κ2) is 4.59. The van der Waals surface area contributed by atoms with Gasteiger partial charge in [-0.05, 0) is 0 Å². The summed E-state index contributed by atoms with van der Waals surface area (Å²) in [6.45, 7) is 0. The Balaban J connectivity index is 2.30. The molecule has 0 bridgehead atoms. The van der Waals surface area contributed by atoms with Crippen molar-refractivity contribution in [1.29, 1.82) is 0 Å². The molecule has 0 unspecified atom stereocenters. The molecule has 0 saturated carbocycles. The molecule has 0 radical (unpaired) electrons. The van der Waals surface area contributed by atoms with Crippen molar-refractivity contribution < 1.29 is 17.9 Å². The molecule has 14 heavy (non-hydrogen) atoms. The summed E-state index contributed by atoms with van der Waals surface area (Å²) in [5, 5.41) is 2.41. The van der Waals surface area contributed by atoms with Crippen LogP contribution < -0.4 is 7.74 Å². The molecule has 0 aliphatic rings. The zero-order valence-electron chi connectivity index (χ0n) is 8.27. The summed E-state index contributed by atoms with van der Waals surface area (Å²) in [5.41, 5.74) is 0. The average molecular weight is 217 g/mol. The fraction of sp³-hybridized carbons (Fsp3) is 0.0769. The Morgan fingerprint density at radius 2 is 1.00 bits per heavy atom. The van der Waals surface area contributed by atoms with Gasteiger partial charge in [-0.3, -0.25) is 0 Å². The molecule has 0 fully saturated rings. The van der Waals surface area contributed by atoms with Crippen LogP contribution in [0.4, 0.5) is 0 Å². The molecule has 0 heterocycles. The third-order valence-corrected chi connectivity index (χ3v) is 6.16. The van der Waals surface area contributed by atoms with E-state index in [9.17, 15) is 0 Å². The van der Waals surface area contributed by atoms with E-state index in [-0.39, 0.29) is 0 Å². The minimum atomic E-state index is -1.20. The van der Waals surface area contributed by atoms with E-state index < -0.39 is 17.9 Å². The van der Waals surface area contributed by atoms with E-state index in [1.54, 1.807) is 7.74 Å². The van der Waals surface area contributed by atoms with E-state index in [0.29, 0.717) is 0 Å². The van der Waals surface area contributed by atoms with Crippen molar-refractivity contribution in [3.63, 3.8) is 0 Å². The van der Waals surface area contributed by atoms with Crippen LogP contribution in [0.2, 0.25) is 5.23 Å². The second-order valence-electron chi connectivity index (χ2n) is 3.36. The first kappa shape index (κ1) is 9.70. The molecule has 0 aromatic heterocycles. The van der Waals surface area contributed by atoms with Crippen molar-refractivity contribution in [2.75, 3.05) is 0 Å². The Labute approximate surface area is 91.4 Å². The van der Waals surface area contributed by atoms with Gasteiger partial charge in [0.25, 0.3) is 0 Å². The minimum absolute atomic E-state index is 1.20. The second-order valence-corrected chi connectivity index (χ2v) is 7.11. The molecule has 2 aromatic rings. The summed E-state index contributed by atoms with van der Waals surface area (Å²) in [5.74, 6) is 0. The maximum atomic E-state index is 2.41. The van der Waals surface area contributed by atoms with Crippen LogP contribution >= 0.6 is 0 Å². The topological polar surface area (TPSA) is 0 Å². The molecule has 0 saturated heterocycles. The van der Waals surface area contributed by atoms with E-state index in [1.165, 1.54) is 0 Å². The van der Waals surface area contributed by atoms with Gasteiger partial charge in [0, 0.05) is 0 Å². The molecular weight excluding hydrogens is 204 g/mol. The van der Waals surface area contributed by atoms with Crippen LogP contribution in [0.3, 0.4) is 0 Å². The van der Waals surface area contributed by atoms with Crippen molar-refractivity contribution in [1.82, 2.24) is 0 Å². The quantitative estimate of drug-likeness (QED) is 0.677. The van der Waals surface area contributed by atoms with Crippen LogP contribution in [0.15, 0.2) is 60.7 Å². The Morgan fingerprint density at radius 1 is 0.643 bits per heavy atom. The van der Waals surface area contributed by atoms with Gasteiger partial charge < -0.3 is 0 Å². The number of rotatable bonds is 2. The zero-order chi connectivity index (χ0) is 9.80. The van der Waals surface area contributed by atoms with Gasteiger partial charge in [0.2, 0.25) is 0 Å². The molecule has 69 valence electrons. The Kier molecular flexibility index (Phi) is 3.18. The Bertz CT molecular complexity index is 341. The molecule has 0 atom stereocenters. The maximum absolute atomic E-state index is 2.41. The summed E-state index contributed by atoms with van der Waals surface area (Å²) in [4.78, 5) is 0. The van der Waals surface area contributed by atoms with Gasteiger partial charge in [0.15, 0.2) is 0 Å². The Hall–Kier alpha value is -0.846. The number of benzene rings is 2. The van der Waals surface area contributed by atoms with Gasteiger partial charge in [0.05, 0.1) is 0 Å². The van der Waals surface area contributed by atoms with Crippen molar-refractivity contribution in [3.8, 4) is 0 Å². The van der Waals surface area contributed by atoms with Gasteiger partial charge in [-0.2, -0.15) is 0 Å². The van der Waals surface area contributed by atoms with E-state index in [1.807, 2.05) is 0 Å². The fourth-order valence-electron chi connectivity index (χ4n) is 1.54. The normalized spacial score (nSPS) is 9.79. The van der Waals surface area contributed by atoms with Crippen LogP contribution in [0.1, 0.15) is 0 Å². The van der Waals surface area contributed by atoms with Crippen molar-refractivity contribution >= 4 is 7.74 Å². The first-order valence-corrected chi connectivity index (χ1v) is 7.94. The summed E-state index contributed by atoms with van der Waals surface area (Å²) >= 11 is -1.20. The van der Waals surface area contributed by atoms with Gasteiger partial charge in [-0.1, -0.05) is 0 Å². The molecule has 2 aromatic carbocycles. The molecule has 2 rings (SSSR count). The zero-order valence-corrected chi connectivity index (χ0v) is 9.84. The molecule has 0 aliphatic carbocycles. The summed E-state index contributed by atoms with van der Waals surface area (Å²) < 4.78 is 3.08. The average Bonchev–Trinajstić information content (AvgIpc) is 2.30. The molecule has 0 N–H and O–H groups in total. The summed E-state index contributed by atoms with van der Waals surface area (Å²) in [7, 11) is 0. The van der Waals surface area contributed by atoms with Crippen LogP contribution in [-0.2, 0) is 17.9 Å². The van der Waals surface area contributed by atoms with Crippen molar-refractivity contribution in [2.45, 2.75) is 5.23 Å². The SMILES string of the molecule is [CH3][Ti]([c]1ccccc1)[c]1ccccc1. The van der Waals surface area contributed by atoms with Crippen LogP contribution in [0, 0.1) is 0 Å². The summed E-state index contributed by atoms with van der Waals surface area (Å²) in [6, 6.07) is 21.7. The van der Waals surface area contributed by atoms with Crippen LogP contribution in [0.25, 0.3) is 0 Å². The number of hydrogen-bond donors (Lipinski definition) is 0.